The second kappa shape index (κ2) is 5.54. The molecule has 1 N–H and O–H groups in total. The average molecular weight is 309 g/mol. The number of Topliss-reactive ketones (excluding diaryl/α,β-unsaturated/α-hetero) is 1. The van der Waals surface area contributed by atoms with E-state index in [0.717, 1.165) is 16.8 Å². The molecule has 0 spiro atoms. The SMILES string of the molecule is COc1ccc(C(C)=O)cc1CC1(C)C(=O)Nc2ccccc21. The number of hydrogen-bond acceptors (Lipinski definition) is 3. The van der Waals surface area contributed by atoms with E-state index in [9.17, 15) is 9.59 Å². The van der Waals surface area contributed by atoms with Gasteiger partial charge in [0.1, 0.15) is 5.75 Å². The minimum absolute atomic E-state index is 0.00432. The van der Waals surface area contributed by atoms with Gasteiger partial charge in [0.05, 0.1) is 12.5 Å². The first-order valence-electron chi connectivity index (χ1n) is 7.54. The molecule has 0 aliphatic carbocycles. The Kier molecular flexibility index (Phi) is 3.68. The number of methoxy groups -OCH3 is 1. The maximum atomic E-state index is 12.6. The van der Waals surface area contributed by atoms with Crippen molar-refractivity contribution in [1.82, 2.24) is 0 Å². The van der Waals surface area contributed by atoms with Crippen LogP contribution in [0.1, 0.15) is 35.3 Å². The van der Waals surface area contributed by atoms with Crippen molar-refractivity contribution in [3.8, 4) is 5.75 Å². The van der Waals surface area contributed by atoms with Crippen LogP contribution < -0.4 is 10.1 Å². The molecular weight excluding hydrogens is 290 g/mol. The lowest BCUT2D eigenvalue weighted by atomic mass is 9.78. The molecule has 1 unspecified atom stereocenters. The smallest absolute Gasteiger partial charge is 0.235 e. The van der Waals surface area contributed by atoms with Crippen LogP contribution in [-0.2, 0) is 16.6 Å². The van der Waals surface area contributed by atoms with Gasteiger partial charge in [-0.3, -0.25) is 9.59 Å². The molecule has 3 rings (SSSR count). The highest BCUT2D eigenvalue weighted by atomic mass is 16.5. The van der Waals surface area contributed by atoms with E-state index in [1.54, 1.807) is 19.2 Å². The fourth-order valence-corrected chi connectivity index (χ4v) is 3.15. The molecule has 1 aliphatic rings. The molecule has 4 nitrogen and oxygen atoms in total. The zero-order valence-electron chi connectivity index (χ0n) is 13.5. The van der Waals surface area contributed by atoms with Gasteiger partial charge < -0.3 is 10.1 Å². The first kappa shape index (κ1) is 15.3. The largest absolute Gasteiger partial charge is 0.496 e. The maximum absolute atomic E-state index is 12.6. The number of hydrogen-bond donors (Lipinski definition) is 1. The van der Waals surface area contributed by atoms with E-state index in [1.165, 1.54) is 6.92 Å². The summed E-state index contributed by atoms with van der Waals surface area (Å²) < 4.78 is 5.42. The summed E-state index contributed by atoms with van der Waals surface area (Å²) in [5, 5.41) is 2.94. The van der Waals surface area contributed by atoms with Gasteiger partial charge in [0, 0.05) is 11.3 Å². The highest BCUT2D eigenvalue weighted by Crippen LogP contribution is 2.41. The number of ketones is 1. The molecule has 2 aromatic carbocycles. The lowest BCUT2D eigenvalue weighted by molar-refractivity contribution is -0.120. The summed E-state index contributed by atoms with van der Waals surface area (Å²) in [6, 6.07) is 13.1. The number of benzene rings is 2. The third kappa shape index (κ3) is 2.50. The van der Waals surface area contributed by atoms with Gasteiger partial charge in [0.15, 0.2) is 5.78 Å². The molecule has 0 fully saturated rings. The van der Waals surface area contributed by atoms with Crippen LogP contribution in [0.15, 0.2) is 42.5 Å². The summed E-state index contributed by atoms with van der Waals surface area (Å²) in [6.45, 7) is 3.46. The Morgan fingerprint density at radius 2 is 1.96 bits per heavy atom. The van der Waals surface area contributed by atoms with E-state index < -0.39 is 5.41 Å². The summed E-state index contributed by atoms with van der Waals surface area (Å²) in [5.41, 5.74) is 2.62. The first-order chi connectivity index (χ1) is 11.0. The first-order valence-corrected chi connectivity index (χ1v) is 7.54. The molecule has 1 amide bonds. The molecule has 0 saturated heterocycles. The van der Waals surface area contributed by atoms with E-state index in [-0.39, 0.29) is 11.7 Å². The lowest BCUT2D eigenvalue weighted by Gasteiger charge is -2.23. The van der Waals surface area contributed by atoms with Crippen LogP contribution in [0.5, 0.6) is 5.75 Å². The fraction of sp³-hybridized carbons (Fsp3) is 0.263. The number of carbonyl (C=O) groups excluding carboxylic acids is 2. The molecule has 118 valence electrons. The lowest BCUT2D eigenvalue weighted by Crippen LogP contribution is -2.33. The predicted molar refractivity (Wildman–Crippen MR) is 89.1 cm³/mol. The van der Waals surface area contributed by atoms with Gasteiger partial charge in [-0.15, -0.1) is 0 Å². The van der Waals surface area contributed by atoms with Crippen LogP contribution >= 0.6 is 0 Å². The highest BCUT2D eigenvalue weighted by Gasteiger charge is 2.42. The van der Waals surface area contributed by atoms with Crippen LogP contribution in [0, 0.1) is 0 Å². The van der Waals surface area contributed by atoms with Crippen molar-refractivity contribution < 1.29 is 14.3 Å². The molecule has 0 bridgehead atoms. The number of rotatable bonds is 4. The van der Waals surface area contributed by atoms with E-state index >= 15 is 0 Å². The highest BCUT2D eigenvalue weighted by molar-refractivity contribution is 6.06. The van der Waals surface area contributed by atoms with Gasteiger partial charge >= 0.3 is 0 Å². The predicted octanol–water partition coefficient (Wildman–Crippen LogP) is 3.35. The summed E-state index contributed by atoms with van der Waals surface area (Å²) in [4.78, 5) is 24.2. The summed E-state index contributed by atoms with van der Waals surface area (Å²) in [6.07, 6.45) is 0.472. The maximum Gasteiger partial charge on any atom is 0.235 e. The number of nitrogens with one attached hydrogen (secondary N) is 1. The van der Waals surface area contributed by atoms with Crippen LogP contribution in [0.4, 0.5) is 5.69 Å². The molecule has 0 aromatic heterocycles. The van der Waals surface area contributed by atoms with Gasteiger partial charge in [-0.05, 0) is 55.7 Å². The Morgan fingerprint density at radius 3 is 2.65 bits per heavy atom. The standard InChI is InChI=1S/C19H19NO3/c1-12(21)13-8-9-17(23-3)14(10-13)11-19(2)15-6-4-5-7-16(15)20-18(19)22/h4-10H,11H2,1-3H3,(H,20,22). The Hall–Kier alpha value is -2.62. The normalized spacial score (nSPS) is 19.2. The van der Waals surface area contributed by atoms with Crippen LogP contribution in [0.3, 0.4) is 0 Å². The number of para-hydroxylation sites is 1. The molecule has 1 atom stereocenters. The fourth-order valence-electron chi connectivity index (χ4n) is 3.15. The van der Waals surface area contributed by atoms with Crippen molar-refractivity contribution in [2.75, 3.05) is 12.4 Å². The van der Waals surface area contributed by atoms with Crippen molar-refractivity contribution in [3.05, 3.63) is 59.2 Å². The molecule has 2 aromatic rings. The average Bonchev–Trinajstić information content (AvgIpc) is 2.78. The zero-order chi connectivity index (χ0) is 16.6. The van der Waals surface area contributed by atoms with Crippen LogP contribution in [-0.4, -0.2) is 18.8 Å². The summed E-state index contributed by atoms with van der Waals surface area (Å²) in [7, 11) is 1.59. The third-order valence-corrected chi connectivity index (χ3v) is 4.50. The second-order valence-corrected chi connectivity index (χ2v) is 6.09. The van der Waals surface area contributed by atoms with E-state index in [4.69, 9.17) is 4.74 Å². The molecule has 1 heterocycles. The number of ether oxygens (including phenoxy) is 1. The monoisotopic (exact) mass is 309 g/mol. The van der Waals surface area contributed by atoms with Crippen molar-refractivity contribution >= 4 is 17.4 Å². The topological polar surface area (TPSA) is 55.4 Å². The molecule has 1 aliphatic heterocycles. The number of fused-ring (bicyclic) bond motifs is 1. The van der Waals surface area contributed by atoms with Gasteiger partial charge in [-0.25, -0.2) is 0 Å². The number of amides is 1. The quantitative estimate of drug-likeness (QED) is 0.881. The zero-order valence-corrected chi connectivity index (χ0v) is 13.5. The van der Waals surface area contributed by atoms with E-state index in [0.29, 0.717) is 17.7 Å². The van der Waals surface area contributed by atoms with Crippen LogP contribution in [0.25, 0.3) is 0 Å². The second-order valence-electron chi connectivity index (χ2n) is 6.09. The van der Waals surface area contributed by atoms with Gasteiger partial charge in [-0.1, -0.05) is 18.2 Å². The number of anilines is 1. The summed E-state index contributed by atoms with van der Waals surface area (Å²) >= 11 is 0. The Bertz CT molecular complexity index is 797. The van der Waals surface area contributed by atoms with Crippen molar-refractivity contribution in [1.29, 1.82) is 0 Å². The molecular formula is C19H19NO3. The van der Waals surface area contributed by atoms with Crippen molar-refractivity contribution in [2.24, 2.45) is 0 Å². The van der Waals surface area contributed by atoms with Gasteiger partial charge in [0.25, 0.3) is 0 Å². The minimum Gasteiger partial charge on any atom is -0.496 e. The summed E-state index contributed by atoms with van der Waals surface area (Å²) in [5.74, 6) is 0.651. The third-order valence-electron chi connectivity index (χ3n) is 4.50. The Morgan fingerprint density at radius 1 is 1.22 bits per heavy atom. The van der Waals surface area contributed by atoms with Gasteiger partial charge in [0.2, 0.25) is 5.91 Å². The Balaban J connectivity index is 2.06. The van der Waals surface area contributed by atoms with E-state index in [2.05, 4.69) is 5.32 Å². The van der Waals surface area contributed by atoms with Crippen molar-refractivity contribution in [3.63, 3.8) is 0 Å². The molecule has 23 heavy (non-hydrogen) atoms. The molecule has 0 saturated carbocycles. The molecule has 0 radical (unpaired) electrons. The number of carbonyl (C=O) groups is 2. The molecule has 4 heteroatoms. The van der Waals surface area contributed by atoms with Crippen molar-refractivity contribution in [2.45, 2.75) is 25.7 Å². The minimum atomic E-state index is -0.681. The Labute approximate surface area is 135 Å². The van der Waals surface area contributed by atoms with Gasteiger partial charge in [-0.2, -0.15) is 0 Å². The van der Waals surface area contributed by atoms with Crippen LogP contribution in [0.2, 0.25) is 0 Å². The van der Waals surface area contributed by atoms with E-state index in [1.807, 2.05) is 37.3 Å².